The quantitative estimate of drug-likeness (QED) is 0.711. The van der Waals surface area contributed by atoms with Crippen molar-refractivity contribution in [3.8, 4) is 17.1 Å². The summed E-state index contributed by atoms with van der Waals surface area (Å²) in [5.41, 5.74) is 1.83. The van der Waals surface area contributed by atoms with E-state index in [1.54, 1.807) is 11.3 Å². The van der Waals surface area contributed by atoms with E-state index in [1.807, 2.05) is 24.3 Å². The summed E-state index contributed by atoms with van der Waals surface area (Å²) in [6, 6.07) is 7.60. The van der Waals surface area contributed by atoms with Crippen LogP contribution in [0, 0.1) is 5.92 Å². The number of hydrogen-bond acceptors (Lipinski definition) is 5. The molecule has 2 heterocycles. The summed E-state index contributed by atoms with van der Waals surface area (Å²) in [5.74, 6) is 7.90. The van der Waals surface area contributed by atoms with Crippen LogP contribution >= 0.6 is 11.3 Å². The van der Waals surface area contributed by atoms with Crippen molar-refractivity contribution in [3.63, 3.8) is 0 Å². The second kappa shape index (κ2) is 6.76. The van der Waals surface area contributed by atoms with Crippen LogP contribution in [-0.4, -0.2) is 16.3 Å². The Kier molecular flexibility index (Phi) is 4.44. The van der Waals surface area contributed by atoms with E-state index in [-0.39, 0.29) is 5.56 Å². The van der Waals surface area contributed by atoms with Gasteiger partial charge >= 0.3 is 0 Å². The van der Waals surface area contributed by atoms with Gasteiger partial charge in [0.15, 0.2) is 5.82 Å². The van der Waals surface area contributed by atoms with Crippen molar-refractivity contribution < 1.29 is 4.74 Å². The van der Waals surface area contributed by atoms with E-state index in [4.69, 9.17) is 15.6 Å². The third-order valence-corrected chi connectivity index (χ3v) is 5.90. The Morgan fingerprint density at radius 3 is 2.69 bits per heavy atom. The molecule has 0 atom stereocenters. The van der Waals surface area contributed by atoms with Crippen molar-refractivity contribution in [3.05, 3.63) is 45.1 Å². The molecule has 0 bridgehead atoms. The molecule has 2 aromatic heterocycles. The highest BCUT2D eigenvalue weighted by Crippen LogP contribution is 2.34. The van der Waals surface area contributed by atoms with Crippen molar-refractivity contribution in [1.29, 1.82) is 0 Å². The average molecular weight is 369 g/mol. The summed E-state index contributed by atoms with van der Waals surface area (Å²) in [6.45, 7) is 4.90. The zero-order valence-corrected chi connectivity index (χ0v) is 15.9. The van der Waals surface area contributed by atoms with Gasteiger partial charge in [0.25, 0.3) is 5.56 Å². The van der Waals surface area contributed by atoms with Crippen molar-refractivity contribution in [2.75, 3.05) is 12.4 Å². The number of nitrogens with two attached hydrogens (primary N) is 1. The Balaban J connectivity index is 1.75. The minimum absolute atomic E-state index is 0.149. The highest BCUT2D eigenvalue weighted by Gasteiger charge is 2.21. The third-order valence-electron chi connectivity index (χ3n) is 4.72. The lowest BCUT2D eigenvalue weighted by Crippen LogP contribution is -2.30. The molecular formula is C20H23N3O2S. The fraction of sp³-hybridized carbons (Fsp3) is 0.400. The summed E-state index contributed by atoms with van der Waals surface area (Å²) in [4.78, 5) is 19.7. The molecule has 3 aromatic rings. The summed E-state index contributed by atoms with van der Waals surface area (Å²) in [6.07, 6.45) is 4.30. The smallest absolute Gasteiger partial charge is 0.281 e. The van der Waals surface area contributed by atoms with Crippen LogP contribution < -0.4 is 16.1 Å². The van der Waals surface area contributed by atoms with Crippen LogP contribution in [0.5, 0.6) is 5.75 Å². The maximum Gasteiger partial charge on any atom is 0.281 e. The lowest BCUT2D eigenvalue weighted by molar-refractivity contribution is 0.271. The predicted molar refractivity (Wildman–Crippen MR) is 106 cm³/mol. The average Bonchev–Trinajstić information content (AvgIpc) is 3.02. The van der Waals surface area contributed by atoms with Crippen molar-refractivity contribution in [1.82, 2.24) is 9.66 Å². The van der Waals surface area contributed by atoms with Gasteiger partial charge < -0.3 is 10.6 Å². The Bertz CT molecular complexity index is 1000. The molecule has 0 aliphatic heterocycles. The number of aryl methyl sites for hydroxylation is 2. The van der Waals surface area contributed by atoms with Crippen LogP contribution in [0.3, 0.4) is 0 Å². The minimum Gasteiger partial charge on any atom is -0.493 e. The fourth-order valence-corrected chi connectivity index (χ4v) is 4.64. The van der Waals surface area contributed by atoms with Gasteiger partial charge in [-0.1, -0.05) is 13.8 Å². The van der Waals surface area contributed by atoms with Crippen LogP contribution in [0.25, 0.3) is 21.6 Å². The molecule has 0 spiro atoms. The van der Waals surface area contributed by atoms with E-state index < -0.39 is 0 Å². The molecule has 2 N–H and O–H groups in total. The van der Waals surface area contributed by atoms with Crippen molar-refractivity contribution in [2.24, 2.45) is 5.92 Å². The molecule has 0 amide bonds. The van der Waals surface area contributed by atoms with Crippen LogP contribution in [-0.2, 0) is 12.8 Å². The Morgan fingerprint density at radius 1 is 1.23 bits per heavy atom. The summed E-state index contributed by atoms with van der Waals surface area (Å²) in [7, 11) is 0. The number of rotatable bonds is 4. The third kappa shape index (κ3) is 2.98. The molecule has 1 aliphatic rings. The van der Waals surface area contributed by atoms with Gasteiger partial charge in [0.1, 0.15) is 10.6 Å². The second-order valence-corrected chi connectivity index (χ2v) is 8.31. The molecule has 4 rings (SSSR count). The van der Waals surface area contributed by atoms with Crippen LogP contribution in [0.15, 0.2) is 29.1 Å². The molecule has 26 heavy (non-hydrogen) atoms. The predicted octanol–water partition coefficient (Wildman–Crippen LogP) is 3.75. The van der Waals surface area contributed by atoms with Crippen molar-refractivity contribution in [2.45, 2.75) is 39.5 Å². The Hall–Kier alpha value is -2.34. The monoisotopic (exact) mass is 369 g/mol. The zero-order chi connectivity index (χ0) is 18.3. The lowest BCUT2D eigenvalue weighted by Gasteiger charge is -2.11. The van der Waals surface area contributed by atoms with E-state index in [9.17, 15) is 4.79 Å². The van der Waals surface area contributed by atoms with Crippen molar-refractivity contribution >= 4 is 21.6 Å². The zero-order valence-electron chi connectivity index (χ0n) is 15.1. The number of thiophene rings is 1. The summed E-state index contributed by atoms with van der Waals surface area (Å²) >= 11 is 1.64. The topological polar surface area (TPSA) is 70.1 Å². The first-order valence-electron chi connectivity index (χ1n) is 9.10. The van der Waals surface area contributed by atoms with Gasteiger partial charge in [0.05, 0.1) is 12.0 Å². The van der Waals surface area contributed by atoms with Gasteiger partial charge in [-0.05, 0) is 61.4 Å². The number of nitrogen functional groups attached to an aromatic ring is 1. The number of hydrogen-bond donors (Lipinski definition) is 1. The second-order valence-electron chi connectivity index (χ2n) is 7.23. The molecule has 136 valence electrons. The standard InChI is InChI=1S/C20H23N3O2S/c1-12(2)11-25-14-9-7-13(8-10-14)18-22-19-17(20(24)23(18)21)15-5-3-4-6-16(15)26-19/h7-10,12H,3-6,11,21H2,1-2H3. The molecule has 0 radical (unpaired) electrons. The normalized spacial score (nSPS) is 14.0. The number of ether oxygens (including phenoxy) is 1. The molecular weight excluding hydrogens is 346 g/mol. The highest BCUT2D eigenvalue weighted by molar-refractivity contribution is 7.18. The molecule has 0 unspecified atom stereocenters. The molecule has 6 heteroatoms. The molecule has 1 aliphatic carbocycles. The van der Waals surface area contributed by atoms with Gasteiger partial charge in [0.2, 0.25) is 0 Å². The van der Waals surface area contributed by atoms with Crippen LogP contribution in [0.2, 0.25) is 0 Å². The van der Waals surface area contributed by atoms with E-state index >= 15 is 0 Å². The first-order valence-corrected chi connectivity index (χ1v) is 9.92. The first kappa shape index (κ1) is 17.1. The van der Waals surface area contributed by atoms with Gasteiger partial charge in [-0.25, -0.2) is 9.66 Å². The summed E-state index contributed by atoms with van der Waals surface area (Å²) < 4.78 is 6.91. The molecule has 0 saturated heterocycles. The van der Waals surface area contributed by atoms with Gasteiger partial charge in [-0.15, -0.1) is 11.3 Å². The van der Waals surface area contributed by atoms with E-state index in [0.29, 0.717) is 23.7 Å². The van der Waals surface area contributed by atoms with E-state index in [1.165, 1.54) is 16.0 Å². The maximum atomic E-state index is 12.9. The largest absolute Gasteiger partial charge is 0.493 e. The number of aromatic nitrogens is 2. The lowest BCUT2D eigenvalue weighted by atomic mass is 9.97. The molecule has 1 aromatic carbocycles. The SMILES string of the molecule is CC(C)COc1ccc(-c2nc3sc4c(c3c(=O)n2N)CCCC4)cc1. The fourth-order valence-electron chi connectivity index (χ4n) is 3.38. The van der Waals surface area contributed by atoms with Crippen LogP contribution in [0.4, 0.5) is 0 Å². The maximum absolute atomic E-state index is 12.9. The van der Waals surface area contributed by atoms with Crippen LogP contribution in [0.1, 0.15) is 37.1 Å². The molecule has 5 nitrogen and oxygen atoms in total. The highest BCUT2D eigenvalue weighted by atomic mass is 32.1. The molecule has 0 fully saturated rings. The van der Waals surface area contributed by atoms with Gasteiger partial charge in [0, 0.05) is 10.4 Å². The first-order chi connectivity index (χ1) is 12.5. The molecule has 0 saturated carbocycles. The number of fused-ring (bicyclic) bond motifs is 3. The minimum atomic E-state index is -0.149. The Morgan fingerprint density at radius 2 is 1.96 bits per heavy atom. The Labute approximate surface area is 156 Å². The number of nitrogens with zero attached hydrogens (tertiary/aromatic N) is 2. The number of benzene rings is 1. The van der Waals surface area contributed by atoms with E-state index in [2.05, 4.69) is 13.8 Å². The van der Waals surface area contributed by atoms with Gasteiger partial charge in [-0.3, -0.25) is 4.79 Å². The summed E-state index contributed by atoms with van der Waals surface area (Å²) in [5, 5.41) is 0.716. The van der Waals surface area contributed by atoms with E-state index in [0.717, 1.165) is 41.0 Å². The van der Waals surface area contributed by atoms with Gasteiger partial charge in [-0.2, -0.15) is 0 Å².